The summed E-state index contributed by atoms with van der Waals surface area (Å²) in [4.78, 5) is 27.6. The summed E-state index contributed by atoms with van der Waals surface area (Å²) in [6, 6.07) is 10.4. The molecule has 7 heteroatoms. The first-order valence-corrected chi connectivity index (χ1v) is 9.12. The highest BCUT2D eigenvalue weighted by molar-refractivity contribution is 6.34. The van der Waals surface area contributed by atoms with Gasteiger partial charge in [0.25, 0.3) is 11.5 Å². The lowest BCUT2D eigenvalue weighted by molar-refractivity contribution is 0.0994. The average Bonchev–Trinajstić information content (AvgIpc) is 2.72. The summed E-state index contributed by atoms with van der Waals surface area (Å²) >= 11 is 6.25. The van der Waals surface area contributed by atoms with Gasteiger partial charge >= 0.3 is 0 Å². The minimum Gasteiger partial charge on any atom is -0.493 e. The molecule has 28 heavy (non-hydrogen) atoms. The van der Waals surface area contributed by atoms with E-state index in [2.05, 4.69) is 0 Å². The maximum Gasteiger partial charge on any atom is 0.260 e. The number of para-hydroxylation sites is 1. The molecule has 0 radical (unpaired) electrons. The van der Waals surface area contributed by atoms with Crippen LogP contribution < -0.4 is 19.9 Å². The molecule has 0 saturated heterocycles. The standard InChI is InChI=1S/C21H21ClN2O4/c1-5-24-12-15(20(25)23(2)17-9-7-6-8-16(17)22)13-10-18(27-3)19(28-4)11-14(13)21(24)26/h6-12H,5H2,1-4H3. The predicted molar refractivity (Wildman–Crippen MR) is 111 cm³/mol. The highest BCUT2D eigenvalue weighted by Gasteiger charge is 2.22. The summed E-state index contributed by atoms with van der Waals surface area (Å²) in [6.45, 7) is 2.28. The van der Waals surface area contributed by atoms with Gasteiger partial charge in [0.15, 0.2) is 11.5 Å². The lowest BCUT2D eigenvalue weighted by atomic mass is 10.0. The highest BCUT2D eigenvalue weighted by Crippen LogP contribution is 2.33. The molecular formula is C21H21ClN2O4. The van der Waals surface area contributed by atoms with E-state index in [9.17, 15) is 9.59 Å². The van der Waals surface area contributed by atoms with Gasteiger partial charge in [-0.2, -0.15) is 0 Å². The topological polar surface area (TPSA) is 60.8 Å². The zero-order chi connectivity index (χ0) is 20.4. The maximum absolute atomic E-state index is 13.3. The second-order valence-corrected chi connectivity index (χ2v) is 6.61. The van der Waals surface area contributed by atoms with Crippen LogP contribution in [0.2, 0.25) is 5.02 Å². The Balaban J connectivity index is 2.27. The molecule has 146 valence electrons. The first-order chi connectivity index (χ1) is 13.4. The molecule has 0 unspecified atom stereocenters. The number of amides is 1. The molecule has 2 aromatic carbocycles. The first kappa shape index (κ1) is 19.8. The van der Waals surface area contributed by atoms with Crippen molar-refractivity contribution in [1.29, 1.82) is 0 Å². The number of aryl methyl sites for hydroxylation is 1. The third-order valence-electron chi connectivity index (χ3n) is 4.68. The van der Waals surface area contributed by atoms with E-state index in [1.165, 1.54) is 23.7 Å². The fraction of sp³-hybridized carbons (Fsp3) is 0.238. The highest BCUT2D eigenvalue weighted by atomic mass is 35.5. The Morgan fingerprint density at radius 2 is 1.71 bits per heavy atom. The molecule has 0 N–H and O–H groups in total. The Labute approximate surface area is 167 Å². The molecule has 1 aromatic heterocycles. The molecule has 0 saturated carbocycles. The monoisotopic (exact) mass is 400 g/mol. The van der Waals surface area contributed by atoms with Crippen molar-refractivity contribution in [3.63, 3.8) is 0 Å². The van der Waals surface area contributed by atoms with E-state index >= 15 is 0 Å². The number of methoxy groups -OCH3 is 2. The SMILES string of the molecule is CCn1cc(C(=O)N(C)c2ccccc2Cl)c2cc(OC)c(OC)cc2c1=O. The second-order valence-electron chi connectivity index (χ2n) is 6.20. The van der Waals surface area contributed by atoms with E-state index in [0.717, 1.165) is 0 Å². The number of carbonyl (C=O) groups is 1. The van der Waals surface area contributed by atoms with Crippen molar-refractivity contribution in [2.45, 2.75) is 13.5 Å². The zero-order valence-electron chi connectivity index (χ0n) is 16.2. The molecule has 6 nitrogen and oxygen atoms in total. The molecule has 0 aliphatic carbocycles. The molecule has 0 aliphatic rings. The number of fused-ring (bicyclic) bond motifs is 1. The van der Waals surface area contributed by atoms with Gasteiger partial charge in [0, 0.05) is 25.2 Å². The number of halogens is 1. The molecule has 0 fully saturated rings. The lowest BCUT2D eigenvalue weighted by Gasteiger charge is -2.21. The molecule has 0 bridgehead atoms. The smallest absolute Gasteiger partial charge is 0.260 e. The van der Waals surface area contributed by atoms with Gasteiger partial charge < -0.3 is 18.9 Å². The fourth-order valence-electron chi connectivity index (χ4n) is 3.14. The lowest BCUT2D eigenvalue weighted by Crippen LogP contribution is -2.29. The minimum absolute atomic E-state index is 0.199. The number of aromatic nitrogens is 1. The van der Waals surface area contributed by atoms with Gasteiger partial charge in [-0.1, -0.05) is 23.7 Å². The third-order valence-corrected chi connectivity index (χ3v) is 5.00. The predicted octanol–water partition coefficient (Wildman–Crippen LogP) is 3.97. The number of ether oxygens (including phenoxy) is 2. The Bertz CT molecular complexity index is 1110. The van der Waals surface area contributed by atoms with Crippen LogP contribution in [0.5, 0.6) is 11.5 Å². The van der Waals surface area contributed by atoms with Crippen LogP contribution in [-0.2, 0) is 6.54 Å². The van der Waals surface area contributed by atoms with Crippen LogP contribution in [0, 0.1) is 0 Å². The molecule has 0 atom stereocenters. The van der Waals surface area contributed by atoms with Crippen LogP contribution in [-0.4, -0.2) is 31.7 Å². The van der Waals surface area contributed by atoms with Crippen molar-refractivity contribution >= 4 is 34.0 Å². The Hall–Kier alpha value is -2.99. The van der Waals surface area contributed by atoms with E-state index < -0.39 is 0 Å². The Morgan fingerprint density at radius 1 is 1.11 bits per heavy atom. The zero-order valence-corrected chi connectivity index (χ0v) is 16.9. The van der Waals surface area contributed by atoms with Gasteiger partial charge in [0.1, 0.15) is 0 Å². The number of carbonyl (C=O) groups excluding carboxylic acids is 1. The minimum atomic E-state index is -0.285. The van der Waals surface area contributed by atoms with E-state index in [1.807, 2.05) is 13.0 Å². The molecule has 3 aromatic rings. The van der Waals surface area contributed by atoms with Gasteiger partial charge in [0.05, 0.1) is 35.9 Å². The molecular weight excluding hydrogens is 380 g/mol. The number of anilines is 1. The van der Waals surface area contributed by atoms with Crippen molar-refractivity contribution in [1.82, 2.24) is 4.57 Å². The quantitative estimate of drug-likeness (QED) is 0.650. The van der Waals surface area contributed by atoms with Crippen molar-refractivity contribution in [3.05, 3.63) is 63.5 Å². The number of rotatable bonds is 5. The van der Waals surface area contributed by atoms with E-state index in [4.69, 9.17) is 21.1 Å². The summed E-state index contributed by atoms with van der Waals surface area (Å²) in [5.41, 5.74) is 0.757. The number of benzene rings is 2. The average molecular weight is 401 g/mol. The summed E-state index contributed by atoms with van der Waals surface area (Å²) in [5, 5.41) is 1.35. The van der Waals surface area contributed by atoms with Gasteiger partial charge in [-0.3, -0.25) is 9.59 Å². The summed E-state index contributed by atoms with van der Waals surface area (Å²) < 4.78 is 12.2. The maximum atomic E-state index is 13.3. The summed E-state index contributed by atoms with van der Waals surface area (Å²) in [7, 11) is 4.66. The molecule has 1 heterocycles. The van der Waals surface area contributed by atoms with Crippen LogP contribution in [0.1, 0.15) is 17.3 Å². The van der Waals surface area contributed by atoms with E-state index in [1.54, 1.807) is 43.6 Å². The first-order valence-electron chi connectivity index (χ1n) is 8.74. The van der Waals surface area contributed by atoms with Crippen molar-refractivity contribution in [2.75, 3.05) is 26.2 Å². The largest absolute Gasteiger partial charge is 0.493 e. The van der Waals surface area contributed by atoms with Crippen LogP contribution >= 0.6 is 11.6 Å². The number of hydrogen-bond acceptors (Lipinski definition) is 4. The second kappa shape index (κ2) is 7.94. The molecule has 0 aliphatic heterocycles. The molecule has 0 spiro atoms. The summed E-state index contributed by atoms with van der Waals surface area (Å²) in [5.74, 6) is 0.587. The third kappa shape index (κ3) is 3.31. The Morgan fingerprint density at radius 3 is 2.29 bits per heavy atom. The van der Waals surface area contributed by atoms with Crippen LogP contribution in [0.4, 0.5) is 5.69 Å². The van der Waals surface area contributed by atoms with Gasteiger partial charge in [-0.15, -0.1) is 0 Å². The van der Waals surface area contributed by atoms with Gasteiger partial charge in [0.2, 0.25) is 0 Å². The van der Waals surface area contributed by atoms with Crippen LogP contribution in [0.15, 0.2) is 47.4 Å². The number of pyridine rings is 1. The van der Waals surface area contributed by atoms with Crippen LogP contribution in [0.25, 0.3) is 10.8 Å². The summed E-state index contributed by atoms with van der Waals surface area (Å²) in [6.07, 6.45) is 1.58. The van der Waals surface area contributed by atoms with Crippen molar-refractivity contribution < 1.29 is 14.3 Å². The fourth-order valence-corrected chi connectivity index (χ4v) is 3.40. The van der Waals surface area contributed by atoms with Crippen molar-refractivity contribution in [2.24, 2.45) is 0 Å². The normalized spacial score (nSPS) is 10.8. The molecule has 1 amide bonds. The van der Waals surface area contributed by atoms with E-state index in [-0.39, 0.29) is 11.5 Å². The number of nitrogens with zero attached hydrogens (tertiary/aromatic N) is 2. The van der Waals surface area contributed by atoms with Gasteiger partial charge in [-0.05, 0) is 31.2 Å². The van der Waals surface area contributed by atoms with Gasteiger partial charge in [-0.25, -0.2) is 0 Å². The van der Waals surface area contributed by atoms with Crippen LogP contribution in [0.3, 0.4) is 0 Å². The van der Waals surface area contributed by atoms with Crippen molar-refractivity contribution in [3.8, 4) is 11.5 Å². The Kier molecular flexibility index (Phi) is 5.61. The number of hydrogen-bond donors (Lipinski definition) is 0. The van der Waals surface area contributed by atoms with E-state index in [0.29, 0.717) is 45.1 Å². The molecule has 3 rings (SSSR count).